The first-order valence-electron chi connectivity index (χ1n) is 9.68. The average molecular weight is 317 g/mol. The number of aromatic nitrogens is 1. The van der Waals surface area contributed by atoms with E-state index in [-0.39, 0.29) is 0 Å². The molecule has 0 aliphatic heterocycles. The van der Waals surface area contributed by atoms with Crippen molar-refractivity contribution in [3.63, 3.8) is 0 Å². The predicted molar refractivity (Wildman–Crippen MR) is 103 cm³/mol. The highest BCUT2D eigenvalue weighted by atomic mass is 14.7. The van der Waals surface area contributed by atoms with Crippen LogP contribution in [-0.2, 0) is 12.8 Å². The molecule has 1 heterocycles. The maximum absolute atomic E-state index is 5.11. The minimum atomic E-state index is 1.01. The molecular formula is C23H27N. The van der Waals surface area contributed by atoms with Crippen molar-refractivity contribution < 1.29 is 0 Å². The summed E-state index contributed by atoms with van der Waals surface area (Å²) < 4.78 is 0. The Balaban J connectivity index is 1.78. The Kier molecular flexibility index (Phi) is 4.78. The van der Waals surface area contributed by atoms with Crippen molar-refractivity contribution >= 4 is 11.6 Å². The zero-order valence-corrected chi connectivity index (χ0v) is 14.6. The zero-order chi connectivity index (χ0) is 16.2. The first-order chi connectivity index (χ1) is 11.9. The molecule has 0 fully saturated rings. The van der Waals surface area contributed by atoms with Crippen LogP contribution in [0.15, 0.2) is 42.0 Å². The fraction of sp³-hybridized carbons (Fsp3) is 0.435. The van der Waals surface area contributed by atoms with Gasteiger partial charge in [0, 0.05) is 11.3 Å². The maximum atomic E-state index is 5.11. The van der Waals surface area contributed by atoms with Crippen LogP contribution in [0.3, 0.4) is 0 Å². The number of rotatable bonds is 0. The third kappa shape index (κ3) is 3.45. The van der Waals surface area contributed by atoms with Gasteiger partial charge in [-0.1, -0.05) is 68.6 Å². The second kappa shape index (κ2) is 7.34. The molecule has 0 unspecified atom stereocenters. The first kappa shape index (κ1) is 15.6. The average Bonchev–Trinajstić information content (AvgIpc) is 2.92. The molecule has 0 aromatic carbocycles. The lowest BCUT2D eigenvalue weighted by Crippen LogP contribution is -2.04. The Bertz CT molecular complexity index is 731. The van der Waals surface area contributed by atoms with E-state index in [1.54, 1.807) is 0 Å². The standard InChI is InChI=1S/C23H27N/c1-2-4-6-11-19-17-21(13-7-5-3-1)24-23-20-12-9-8-10-18(16-20)14-15-22(19)23/h8-10,12,14-15,17H,1-7,11,13,16H2. The molecule has 0 amide bonds. The van der Waals surface area contributed by atoms with Crippen molar-refractivity contribution in [2.24, 2.45) is 0 Å². The van der Waals surface area contributed by atoms with Gasteiger partial charge < -0.3 is 0 Å². The molecule has 0 spiro atoms. The van der Waals surface area contributed by atoms with Crippen LogP contribution in [0, 0.1) is 0 Å². The van der Waals surface area contributed by atoms with Crippen LogP contribution in [0.1, 0.15) is 73.9 Å². The molecule has 1 aromatic heterocycles. The number of hydrogen-bond acceptors (Lipinski definition) is 1. The van der Waals surface area contributed by atoms with E-state index >= 15 is 0 Å². The van der Waals surface area contributed by atoms with E-state index in [2.05, 4.69) is 42.5 Å². The SMILES string of the molecule is C1=CC=C2CC(=C1)C=Cc1c3cc(nc12)CCCCCCCCC3. The fourth-order valence-corrected chi connectivity index (χ4v) is 4.09. The smallest absolute Gasteiger partial charge is 0.0743 e. The third-order valence-electron chi connectivity index (χ3n) is 5.46. The molecule has 0 N–H and O–H groups in total. The van der Waals surface area contributed by atoms with Crippen LogP contribution in [0.4, 0.5) is 0 Å². The summed E-state index contributed by atoms with van der Waals surface area (Å²) in [4.78, 5) is 5.11. The molecule has 4 bridgehead atoms. The summed E-state index contributed by atoms with van der Waals surface area (Å²) >= 11 is 0. The molecule has 124 valence electrons. The number of hydrogen-bond donors (Lipinski definition) is 0. The van der Waals surface area contributed by atoms with Crippen molar-refractivity contribution in [1.82, 2.24) is 4.98 Å². The lowest BCUT2D eigenvalue weighted by molar-refractivity contribution is 0.573. The topological polar surface area (TPSA) is 12.9 Å². The van der Waals surface area contributed by atoms with Crippen LogP contribution in [0.5, 0.6) is 0 Å². The molecule has 0 radical (unpaired) electrons. The van der Waals surface area contributed by atoms with E-state index in [0.717, 1.165) is 12.8 Å². The van der Waals surface area contributed by atoms with E-state index in [0.29, 0.717) is 0 Å². The van der Waals surface area contributed by atoms with Crippen molar-refractivity contribution in [3.8, 4) is 0 Å². The minimum Gasteiger partial charge on any atom is -0.253 e. The second-order valence-electron chi connectivity index (χ2n) is 7.34. The summed E-state index contributed by atoms with van der Waals surface area (Å²) in [5.41, 5.74) is 8.21. The molecule has 1 heteroatoms. The predicted octanol–water partition coefficient (Wildman–Crippen LogP) is 6.21. The van der Waals surface area contributed by atoms with Gasteiger partial charge in [0.25, 0.3) is 0 Å². The largest absolute Gasteiger partial charge is 0.253 e. The maximum Gasteiger partial charge on any atom is 0.0743 e. The van der Waals surface area contributed by atoms with Gasteiger partial charge in [-0.05, 0) is 54.9 Å². The molecule has 1 aromatic rings. The van der Waals surface area contributed by atoms with Gasteiger partial charge in [-0.2, -0.15) is 0 Å². The number of aryl methyl sites for hydroxylation is 2. The van der Waals surface area contributed by atoms with E-state index in [9.17, 15) is 0 Å². The second-order valence-corrected chi connectivity index (χ2v) is 7.34. The highest BCUT2D eigenvalue weighted by Crippen LogP contribution is 2.34. The Morgan fingerprint density at radius 3 is 2.38 bits per heavy atom. The Labute approximate surface area is 145 Å². The van der Waals surface area contributed by atoms with Gasteiger partial charge in [0.2, 0.25) is 0 Å². The minimum absolute atomic E-state index is 1.01. The quantitative estimate of drug-likeness (QED) is 0.554. The Morgan fingerprint density at radius 2 is 1.50 bits per heavy atom. The van der Waals surface area contributed by atoms with Crippen LogP contribution >= 0.6 is 0 Å². The van der Waals surface area contributed by atoms with Crippen molar-refractivity contribution in [3.05, 3.63) is 64.5 Å². The van der Waals surface area contributed by atoms with Crippen molar-refractivity contribution in [2.45, 2.75) is 64.2 Å². The lowest BCUT2D eigenvalue weighted by Gasteiger charge is -2.16. The van der Waals surface area contributed by atoms with Crippen LogP contribution in [-0.4, -0.2) is 4.98 Å². The molecule has 24 heavy (non-hydrogen) atoms. The summed E-state index contributed by atoms with van der Waals surface area (Å²) in [7, 11) is 0. The van der Waals surface area contributed by atoms with Crippen LogP contribution in [0.25, 0.3) is 11.6 Å². The third-order valence-corrected chi connectivity index (χ3v) is 5.46. The van der Waals surface area contributed by atoms with Gasteiger partial charge in [-0.3, -0.25) is 4.98 Å². The van der Waals surface area contributed by atoms with Gasteiger partial charge in [0.15, 0.2) is 0 Å². The molecule has 3 aliphatic carbocycles. The van der Waals surface area contributed by atoms with E-state index in [1.807, 2.05) is 0 Å². The molecule has 0 atom stereocenters. The summed E-state index contributed by atoms with van der Waals surface area (Å²) in [6, 6.07) is 2.40. The van der Waals surface area contributed by atoms with E-state index < -0.39 is 0 Å². The van der Waals surface area contributed by atoms with Crippen molar-refractivity contribution in [1.29, 1.82) is 0 Å². The molecule has 0 saturated heterocycles. The lowest BCUT2D eigenvalue weighted by atomic mass is 9.94. The van der Waals surface area contributed by atoms with Gasteiger partial charge in [-0.25, -0.2) is 0 Å². The van der Waals surface area contributed by atoms with E-state index in [4.69, 9.17) is 4.98 Å². The van der Waals surface area contributed by atoms with Gasteiger partial charge in [-0.15, -0.1) is 0 Å². The Morgan fingerprint density at radius 1 is 0.750 bits per heavy atom. The highest BCUT2D eigenvalue weighted by molar-refractivity contribution is 5.80. The van der Waals surface area contributed by atoms with Crippen LogP contribution < -0.4 is 0 Å². The summed E-state index contributed by atoms with van der Waals surface area (Å²) in [6.45, 7) is 0. The number of nitrogens with zero attached hydrogens (tertiary/aromatic N) is 1. The molecular weight excluding hydrogens is 290 g/mol. The normalized spacial score (nSPS) is 20.7. The van der Waals surface area contributed by atoms with Gasteiger partial charge in [0.05, 0.1) is 5.69 Å². The molecule has 1 nitrogen and oxygen atoms in total. The summed E-state index contributed by atoms with van der Waals surface area (Å²) in [5, 5.41) is 0. The first-order valence-corrected chi connectivity index (χ1v) is 9.68. The fourth-order valence-electron chi connectivity index (χ4n) is 4.09. The molecule has 4 rings (SSSR count). The molecule has 3 aliphatic rings. The Hall–Kier alpha value is -1.89. The van der Waals surface area contributed by atoms with Crippen molar-refractivity contribution in [2.75, 3.05) is 0 Å². The molecule has 0 saturated carbocycles. The zero-order valence-electron chi connectivity index (χ0n) is 14.6. The number of allylic oxidation sites excluding steroid dienone is 7. The van der Waals surface area contributed by atoms with Crippen LogP contribution in [0.2, 0.25) is 0 Å². The summed E-state index contributed by atoms with van der Waals surface area (Å²) in [6.07, 6.45) is 26.3. The van der Waals surface area contributed by atoms with Gasteiger partial charge >= 0.3 is 0 Å². The summed E-state index contributed by atoms with van der Waals surface area (Å²) in [5.74, 6) is 0. The number of pyridine rings is 1. The number of fused-ring (bicyclic) bond motifs is 7. The van der Waals surface area contributed by atoms with E-state index in [1.165, 1.54) is 85.0 Å². The monoisotopic (exact) mass is 317 g/mol. The highest BCUT2D eigenvalue weighted by Gasteiger charge is 2.18. The van der Waals surface area contributed by atoms with Gasteiger partial charge in [0.1, 0.15) is 0 Å².